The lowest BCUT2D eigenvalue weighted by Crippen LogP contribution is -2.60. The van der Waals surface area contributed by atoms with Crippen molar-refractivity contribution >= 4 is 0 Å². The maximum Gasteiger partial charge on any atom is 0.416 e. The number of hydrogen-bond acceptors (Lipinski definition) is 3. The van der Waals surface area contributed by atoms with Crippen molar-refractivity contribution in [2.45, 2.75) is 56.6 Å². The van der Waals surface area contributed by atoms with Crippen molar-refractivity contribution in [2.75, 3.05) is 19.7 Å². The highest BCUT2D eigenvalue weighted by molar-refractivity contribution is 5.35. The van der Waals surface area contributed by atoms with Crippen LogP contribution >= 0.6 is 0 Å². The fourth-order valence-corrected chi connectivity index (χ4v) is 5.35. The van der Waals surface area contributed by atoms with Crippen LogP contribution < -0.4 is 0 Å². The van der Waals surface area contributed by atoms with Gasteiger partial charge >= 0.3 is 12.4 Å². The van der Waals surface area contributed by atoms with Gasteiger partial charge in [0.05, 0.1) is 40.9 Å². The maximum absolute atomic E-state index is 13.3. The van der Waals surface area contributed by atoms with Gasteiger partial charge in [0.2, 0.25) is 0 Å². The number of alkyl halides is 6. The summed E-state index contributed by atoms with van der Waals surface area (Å²) in [7, 11) is 0. The molecule has 2 fully saturated rings. The average molecular weight is 496 g/mol. The Kier molecular flexibility index (Phi) is 6.66. The maximum atomic E-state index is 13.3. The average Bonchev–Trinajstić information content (AvgIpc) is 2.83. The minimum Gasteiger partial charge on any atom is -0.372 e. The molecule has 0 spiro atoms. The predicted octanol–water partition coefficient (Wildman–Crippen LogP) is 7.10. The summed E-state index contributed by atoms with van der Waals surface area (Å²) in [5, 5.41) is 9.79. The third kappa shape index (κ3) is 5.05. The van der Waals surface area contributed by atoms with Gasteiger partial charge in [-0.15, -0.1) is 0 Å². The van der Waals surface area contributed by atoms with Crippen LogP contribution in [0.2, 0.25) is 0 Å². The summed E-state index contributed by atoms with van der Waals surface area (Å²) in [6, 6.07) is 13.6. The molecule has 0 N–H and O–H groups in total. The summed E-state index contributed by atoms with van der Waals surface area (Å²) >= 11 is 0. The molecule has 2 aliphatic rings. The second-order valence-electron chi connectivity index (χ2n) is 9.61. The molecule has 188 valence electrons. The largest absolute Gasteiger partial charge is 0.416 e. The van der Waals surface area contributed by atoms with Gasteiger partial charge in [-0.05, 0) is 68.5 Å². The fraction of sp³-hybridized carbons (Fsp3) is 0.500. The summed E-state index contributed by atoms with van der Waals surface area (Å²) in [5.74, 6) is 0. The molecule has 0 radical (unpaired) electrons. The highest BCUT2D eigenvalue weighted by Gasteiger charge is 2.51. The van der Waals surface area contributed by atoms with Crippen molar-refractivity contribution in [3.63, 3.8) is 0 Å². The summed E-state index contributed by atoms with van der Waals surface area (Å²) < 4.78 is 86.0. The monoisotopic (exact) mass is 496 g/mol. The quantitative estimate of drug-likeness (QED) is 0.415. The molecule has 2 aromatic rings. The van der Waals surface area contributed by atoms with Gasteiger partial charge in [0.1, 0.15) is 0 Å². The Bertz CT molecular complexity index is 1060. The Labute approximate surface area is 200 Å². The first kappa shape index (κ1) is 25.5. The van der Waals surface area contributed by atoms with Crippen LogP contribution in [-0.4, -0.2) is 24.6 Å². The zero-order valence-electron chi connectivity index (χ0n) is 19.2. The van der Waals surface area contributed by atoms with Gasteiger partial charge in [0.15, 0.2) is 0 Å². The summed E-state index contributed by atoms with van der Waals surface area (Å²) in [6.45, 7) is 2.83. The lowest BCUT2D eigenvalue weighted by molar-refractivity contribution is -0.143. The molecular weight excluding hydrogens is 470 g/mol. The first-order valence-electron chi connectivity index (χ1n) is 11.5. The van der Waals surface area contributed by atoms with E-state index >= 15 is 0 Å². The van der Waals surface area contributed by atoms with Crippen molar-refractivity contribution < 1.29 is 31.1 Å². The number of nitrogens with zero attached hydrogens (tertiary/aromatic N) is 2. The molecule has 0 aromatic heterocycles. The number of nitriles is 1. The SMILES string of the molecule is C[C@@H](OC[C@@]1(c2ccccc2)CC[C@]2(C#N)CCCN1C2)c1cc(C(F)(F)F)cc(C(F)(F)F)c1. The minimum absolute atomic E-state index is 0.0806. The Hall–Kier alpha value is -2.57. The molecule has 4 atom stereocenters. The Morgan fingerprint density at radius 3 is 2.17 bits per heavy atom. The van der Waals surface area contributed by atoms with Gasteiger partial charge in [0, 0.05) is 6.54 Å². The second-order valence-corrected chi connectivity index (χ2v) is 9.61. The molecule has 4 rings (SSSR count). The van der Waals surface area contributed by atoms with E-state index in [2.05, 4.69) is 11.0 Å². The van der Waals surface area contributed by atoms with Crippen LogP contribution in [-0.2, 0) is 22.6 Å². The topological polar surface area (TPSA) is 36.3 Å². The fourth-order valence-electron chi connectivity index (χ4n) is 5.35. The van der Waals surface area contributed by atoms with Gasteiger partial charge in [-0.25, -0.2) is 0 Å². The van der Waals surface area contributed by atoms with Gasteiger partial charge in [0.25, 0.3) is 0 Å². The number of ether oxygens (including phenoxy) is 1. The Morgan fingerprint density at radius 1 is 0.971 bits per heavy atom. The Morgan fingerprint density at radius 2 is 1.60 bits per heavy atom. The number of fused-ring (bicyclic) bond motifs is 2. The van der Waals surface area contributed by atoms with Crippen molar-refractivity contribution in [3.05, 3.63) is 70.8 Å². The Balaban J connectivity index is 1.65. The number of piperidine rings is 2. The molecule has 0 aliphatic carbocycles. The highest BCUT2D eigenvalue weighted by Crippen LogP contribution is 2.49. The van der Waals surface area contributed by atoms with Crippen LogP contribution in [0.3, 0.4) is 0 Å². The summed E-state index contributed by atoms with van der Waals surface area (Å²) in [6.07, 6.45) is -7.95. The molecular formula is C26H26F6N2O. The molecule has 9 heteroatoms. The van der Waals surface area contributed by atoms with E-state index in [1.165, 1.54) is 6.92 Å². The molecule has 2 bridgehead atoms. The van der Waals surface area contributed by atoms with E-state index in [9.17, 15) is 31.6 Å². The molecule has 0 saturated carbocycles. The van der Waals surface area contributed by atoms with Crippen molar-refractivity contribution in [3.8, 4) is 6.07 Å². The summed E-state index contributed by atoms with van der Waals surface area (Å²) in [5.41, 5.74) is -3.00. The molecule has 0 amide bonds. The van der Waals surface area contributed by atoms with E-state index in [0.717, 1.165) is 37.1 Å². The van der Waals surface area contributed by atoms with Crippen molar-refractivity contribution in [1.82, 2.24) is 4.90 Å². The summed E-state index contributed by atoms with van der Waals surface area (Å²) in [4.78, 5) is 2.21. The van der Waals surface area contributed by atoms with Crippen LogP contribution in [0, 0.1) is 16.7 Å². The number of hydrogen-bond donors (Lipinski definition) is 0. The van der Waals surface area contributed by atoms with Crippen LogP contribution in [0.15, 0.2) is 48.5 Å². The molecule has 2 heterocycles. The number of halogens is 6. The van der Waals surface area contributed by atoms with E-state index in [-0.39, 0.29) is 18.2 Å². The lowest BCUT2D eigenvalue weighted by atomic mass is 9.67. The number of benzene rings is 2. The molecule has 35 heavy (non-hydrogen) atoms. The van der Waals surface area contributed by atoms with Crippen LogP contribution in [0.25, 0.3) is 0 Å². The van der Waals surface area contributed by atoms with E-state index in [4.69, 9.17) is 4.74 Å². The number of rotatable bonds is 5. The second kappa shape index (κ2) is 9.14. The third-order valence-corrected chi connectivity index (χ3v) is 7.40. The van der Waals surface area contributed by atoms with E-state index in [0.29, 0.717) is 19.4 Å². The van der Waals surface area contributed by atoms with Crippen molar-refractivity contribution in [2.24, 2.45) is 5.41 Å². The molecule has 1 unspecified atom stereocenters. The molecule has 2 aliphatic heterocycles. The normalized spacial score (nSPS) is 27.8. The van der Waals surface area contributed by atoms with E-state index < -0.39 is 40.5 Å². The highest BCUT2D eigenvalue weighted by atomic mass is 19.4. The minimum atomic E-state index is -4.92. The van der Waals surface area contributed by atoms with Gasteiger partial charge in [-0.3, -0.25) is 4.90 Å². The van der Waals surface area contributed by atoms with Gasteiger partial charge in [-0.1, -0.05) is 30.3 Å². The van der Waals surface area contributed by atoms with E-state index in [1.54, 1.807) is 0 Å². The first-order chi connectivity index (χ1) is 16.4. The zero-order chi connectivity index (χ0) is 25.5. The first-order valence-corrected chi connectivity index (χ1v) is 11.5. The molecule has 2 aromatic carbocycles. The molecule has 2 saturated heterocycles. The van der Waals surface area contributed by atoms with E-state index in [1.807, 2.05) is 30.3 Å². The van der Waals surface area contributed by atoms with Gasteiger partial charge < -0.3 is 4.74 Å². The molecule has 3 nitrogen and oxygen atoms in total. The van der Waals surface area contributed by atoms with Crippen LogP contribution in [0.4, 0.5) is 26.3 Å². The smallest absolute Gasteiger partial charge is 0.372 e. The standard InChI is InChI=1S/C26H26F6N2O/c1-18(19-12-21(25(27,28)29)14-22(13-19)26(30,31)32)35-17-24(20-6-3-2-4-7-20)10-9-23(15-33)8-5-11-34(24)16-23/h2-4,6-7,12-14,18H,5,8-11,16-17H2,1H3/t18-,23+,24-/m1/s1. The predicted molar refractivity (Wildman–Crippen MR) is 117 cm³/mol. The van der Waals surface area contributed by atoms with Crippen molar-refractivity contribution in [1.29, 1.82) is 5.26 Å². The van der Waals surface area contributed by atoms with Crippen LogP contribution in [0.5, 0.6) is 0 Å². The van der Waals surface area contributed by atoms with Crippen LogP contribution in [0.1, 0.15) is 61.0 Å². The van der Waals surface area contributed by atoms with Gasteiger partial charge in [-0.2, -0.15) is 31.6 Å². The zero-order valence-corrected chi connectivity index (χ0v) is 19.2. The lowest BCUT2D eigenvalue weighted by Gasteiger charge is -2.55. The third-order valence-electron chi connectivity index (χ3n) is 7.40.